The van der Waals surface area contributed by atoms with Crippen molar-refractivity contribution in [2.24, 2.45) is 10.7 Å². The number of aryl methyl sites for hydroxylation is 2. The summed E-state index contributed by atoms with van der Waals surface area (Å²) in [6.07, 6.45) is 3.40. The van der Waals surface area contributed by atoms with Crippen molar-refractivity contribution in [1.29, 1.82) is 0 Å². The molecule has 0 spiro atoms. The molecular weight excluding hydrogens is 307 g/mol. The molecule has 0 aliphatic heterocycles. The molecule has 124 valence electrons. The Morgan fingerprint density at radius 1 is 1.04 bits per heavy atom. The molecule has 3 rings (SSSR count). The number of nitrogens with zero attached hydrogens (tertiary/aromatic N) is 1. The van der Waals surface area contributed by atoms with Gasteiger partial charge in [-0.2, -0.15) is 0 Å². The molecule has 0 heterocycles. The normalized spacial score (nSPS) is 13.5. The first-order valence-corrected chi connectivity index (χ1v) is 7.84. The number of anilines is 2. The first-order valence-electron chi connectivity index (χ1n) is 7.84. The zero-order valence-electron chi connectivity index (χ0n) is 13.2. The topological polar surface area (TPSA) is 79.5 Å². The van der Waals surface area contributed by atoms with Gasteiger partial charge < -0.3 is 16.4 Å². The molecule has 4 N–H and O–H groups in total. The van der Waals surface area contributed by atoms with E-state index in [2.05, 4.69) is 27.8 Å². The summed E-state index contributed by atoms with van der Waals surface area (Å²) in [5.41, 5.74) is 9.93. The SMILES string of the molecule is NC(=NCC(=O)Nc1ccc(F)cc1)Nc1ccc2c(c1)CCC2. The summed E-state index contributed by atoms with van der Waals surface area (Å²) < 4.78 is 12.8. The molecule has 5 nitrogen and oxygen atoms in total. The van der Waals surface area contributed by atoms with Gasteiger partial charge in [0.1, 0.15) is 12.4 Å². The van der Waals surface area contributed by atoms with Crippen LogP contribution in [0.2, 0.25) is 0 Å². The lowest BCUT2D eigenvalue weighted by molar-refractivity contribution is -0.114. The highest BCUT2D eigenvalue weighted by molar-refractivity contribution is 5.97. The van der Waals surface area contributed by atoms with E-state index in [-0.39, 0.29) is 24.2 Å². The fraction of sp³-hybridized carbons (Fsp3) is 0.222. The van der Waals surface area contributed by atoms with Crippen molar-refractivity contribution < 1.29 is 9.18 Å². The van der Waals surface area contributed by atoms with Gasteiger partial charge in [0.2, 0.25) is 5.91 Å². The fourth-order valence-corrected chi connectivity index (χ4v) is 2.73. The molecule has 0 aromatic heterocycles. The maximum atomic E-state index is 12.8. The standard InChI is InChI=1S/C18H19FN4O/c19-14-5-8-15(9-6-14)22-17(24)11-21-18(20)23-16-7-4-12-2-1-3-13(12)10-16/h4-10H,1-3,11H2,(H,22,24)(H3,20,21,23). The summed E-state index contributed by atoms with van der Waals surface area (Å²) in [5, 5.41) is 5.62. The summed E-state index contributed by atoms with van der Waals surface area (Å²) >= 11 is 0. The van der Waals surface area contributed by atoms with Crippen LogP contribution < -0.4 is 16.4 Å². The fourth-order valence-electron chi connectivity index (χ4n) is 2.73. The number of benzene rings is 2. The second-order valence-electron chi connectivity index (χ2n) is 5.72. The highest BCUT2D eigenvalue weighted by Crippen LogP contribution is 2.24. The Bertz CT molecular complexity index is 771. The number of carbonyl (C=O) groups excluding carboxylic acids is 1. The predicted octanol–water partition coefficient (Wildman–Crippen LogP) is 2.68. The van der Waals surface area contributed by atoms with Crippen LogP contribution in [0, 0.1) is 5.82 Å². The Kier molecular flexibility index (Phi) is 4.74. The van der Waals surface area contributed by atoms with Crippen molar-refractivity contribution in [1.82, 2.24) is 0 Å². The molecule has 0 radical (unpaired) electrons. The summed E-state index contributed by atoms with van der Waals surface area (Å²) in [4.78, 5) is 15.8. The van der Waals surface area contributed by atoms with Gasteiger partial charge in [0.15, 0.2) is 5.96 Å². The molecule has 24 heavy (non-hydrogen) atoms. The maximum absolute atomic E-state index is 12.8. The highest BCUT2D eigenvalue weighted by Gasteiger charge is 2.11. The van der Waals surface area contributed by atoms with Crippen LogP contribution in [0.1, 0.15) is 17.5 Å². The van der Waals surface area contributed by atoms with Gasteiger partial charge >= 0.3 is 0 Å². The molecule has 6 heteroatoms. The second-order valence-corrected chi connectivity index (χ2v) is 5.72. The number of rotatable bonds is 4. The lowest BCUT2D eigenvalue weighted by atomic mass is 10.1. The van der Waals surface area contributed by atoms with Crippen molar-refractivity contribution in [3.63, 3.8) is 0 Å². The number of halogens is 1. The maximum Gasteiger partial charge on any atom is 0.246 e. The Morgan fingerprint density at radius 2 is 1.75 bits per heavy atom. The number of amides is 1. The minimum atomic E-state index is -0.353. The van der Waals surface area contributed by atoms with Crippen LogP contribution in [0.3, 0.4) is 0 Å². The number of nitrogens with one attached hydrogen (secondary N) is 2. The first-order chi connectivity index (χ1) is 11.6. The molecule has 0 unspecified atom stereocenters. The third-order valence-electron chi connectivity index (χ3n) is 3.89. The zero-order chi connectivity index (χ0) is 16.9. The highest BCUT2D eigenvalue weighted by atomic mass is 19.1. The van der Waals surface area contributed by atoms with Gasteiger partial charge in [-0.1, -0.05) is 6.07 Å². The van der Waals surface area contributed by atoms with Gasteiger partial charge in [-0.3, -0.25) is 4.79 Å². The second kappa shape index (κ2) is 7.12. The van der Waals surface area contributed by atoms with Crippen LogP contribution in [0.25, 0.3) is 0 Å². The molecule has 0 saturated heterocycles. The van der Waals surface area contributed by atoms with E-state index in [9.17, 15) is 9.18 Å². The first kappa shape index (κ1) is 16.0. The molecular formula is C18H19FN4O. The van der Waals surface area contributed by atoms with Gasteiger partial charge in [-0.05, 0) is 66.8 Å². The minimum Gasteiger partial charge on any atom is -0.370 e. The number of hydrogen-bond donors (Lipinski definition) is 3. The molecule has 0 atom stereocenters. The predicted molar refractivity (Wildman–Crippen MR) is 93.6 cm³/mol. The van der Waals surface area contributed by atoms with Crippen LogP contribution in [0.15, 0.2) is 47.5 Å². The van der Waals surface area contributed by atoms with Gasteiger partial charge in [0.25, 0.3) is 0 Å². The number of hydrogen-bond acceptors (Lipinski definition) is 2. The third kappa shape index (κ3) is 4.10. The van der Waals surface area contributed by atoms with Crippen LogP contribution in [0.5, 0.6) is 0 Å². The van der Waals surface area contributed by atoms with Crippen molar-refractivity contribution in [2.45, 2.75) is 19.3 Å². The summed E-state index contributed by atoms with van der Waals surface area (Å²) in [6.45, 7) is -0.110. The van der Waals surface area contributed by atoms with E-state index in [0.29, 0.717) is 5.69 Å². The Morgan fingerprint density at radius 3 is 2.54 bits per heavy atom. The van der Waals surface area contributed by atoms with Crippen LogP contribution in [0.4, 0.5) is 15.8 Å². The van der Waals surface area contributed by atoms with Gasteiger partial charge in [0, 0.05) is 11.4 Å². The van der Waals surface area contributed by atoms with E-state index in [4.69, 9.17) is 5.73 Å². The van der Waals surface area contributed by atoms with Crippen LogP contribution in [-0.2, 0) is 17.6 Å². The Hall–Kier alpha value is -2.89. The third-order valence-corrected chi connectivity index (χ3v) is 3.89. The van der Waals surface area contributed by atoms with E-state index < -0.39 is 0 Å². The number of nitrogens with two attached hydrogens (primary N) is 1. The molecule has 1 aliphatic carbocycles. The quantitative estimate of drug-likeness (QED) is 0.597. The lowest BCUT2D eigenvalue weighted by Crippen LogP contribution is -2.25. The summed E-state index contributed by atoms with van der Waals surface area (Å²) in [5.74, 6) is -0.490. The Balaban J connectivity index is 1.54. The lowest BCUT2D eigenvalue weighted by Gasteiger charge is -2.08. The average Bonchev–Trinajstić information content (AvgIpc) is 3.03. The molecule has 2 aromatic carbocycles. The summed E-state index contributed by atoms with van der Waals surface area (Å²) in [7, 11) is 0. The molecule has 2 aromatic rings. The molecule has 0 fully saturated rings. The molecule has 0 bridgehead atoms. The zero-order valence-corrected chi connectivity index (χ0v) is 13.2. The molecule has 1 aliphatic rings. The van der Waals surface area contributed by atoms with E-state index >= 15 is 0 Å². The van der Waals surface area contributed by atoms with Crippen molar-refractivity contribution in [3.8, 4) is 0 Å². The van der Waals surface area contributed by atoms with E-state index in [1.165, 1.54) is 41.8 Å². The molecule has 0 saturated carbocycles. The number of guanidine groups is 1. The van der Waals surface area contributed by atoms with Gasteiger partial charge in [-0.25, -0.2) is 9.38 Å². The van der Waals surface area contributed by atoms with Gasteiger partial charge in [0.05, 0.1) is 0 Å². The Labute approximate surface area is 139 Å². The average molecular weight is 326 g/mol. The van der Waals surface area contributed by atoms with E-state index in [0.717, 1.165) is 18.5 Å². The van der Waals surface area contributed by atoms with E-state index in [1.54, 1.807) is 0 Å². The minimum absolute atomic E-state index is 0.110. The van der Waals surface area contributed by atoms with Gasteiger partial charge in [-0.15, -0.1) is 0 Å². The number of carbonyl (C=O) groups is 1. The van der Waals surface area contributed by atoms with Crippen molar-refractivity contribution in [2.75, 3.05) is 17.2 Å². The van der Waals surface area contributed by atoms with Crippen LogP contribution in [-0.4, -0.2) is 18.4 Å². The largest absolute Gasteiger partial charge is 0.370 e. The smallest absolute Gasteiger partial charge is 0.246 e. The van der Waals surface area contributed by atoms with Crippen LogP contribution >= 0.6 is 0 Å². The summed E-state index contributed by atoms with van der Waals surface area (Å²) in [6, 6.07) is 11.7. The van der Waals surface area contributed by atoms with Crippen molar-refractivity contribution >= 4 is 23.2 Å². The van der Waals surface area contributed by atoms with Crippen molar-refractivity contribution in [3.05, 3.63) is 59.4 Å². The molecule has 1 amide bonds. The number of aliphatic imine (C=N–C) groups is 1. The van der Waals surface area contributed by atoms with E-state index in [1.807, 2.05) is 6.07 Å². The number of fused-ring (bicyclic) bond motifs is 1. The monoisotopic (exact) mass is 326 g/mol.